The molecule has 0 aliphatic rings. The lowest BCUT2D eigenvalue weighted by Crippen LogP contribution is -2.29. The number of halogens is 1. The Bertz CT molecular complexity index is 623. The van der Waals surface area contributed by atoms with Crippen LogP contribution in [0.2, 0.25) is 5.02 Å². The molecule has 2 heterocycles. The Kier molecular flexibility index (Phi) is 4.92. The van der Waals surface area contributed by atoms with E-state index in [0.29, 0.717) is 29.7 Å². The number of nitrogens with one attached hydrogen (secondary N) is 2. The van der Waals surface area contributed by atoms with Crippen LogP contribution in [0, 0.1) is 6.92 Å². The van der Waals surface area contributed by atoms with Gasteiger partial charge in [-0.25, -0.2) is 0 Å². The van der Waals surface area contributed by atoms with Crippen LogP contribution in [0.3, 0.4) is 0 Å². The first-order chi connectivity index (χ1) is 10.0. The highest BCUT2D eigenvalue weighted by Crippen LogP contribution is 2.18. The zero-order valence-electron chi connectivity index (χ0n) is 12.1. The van der Waals surface area contributed by atoms with Crippen molar-refractivity contribution < 1.29 is 9.53 Å². The molecule has 2 aromatic rings. The highest BCUT2D eigenvalue weighted by molar-refractivity contribution is 6.34. The molecule has 0 saturated carbocycles. The monoisotopic (exact) mass is 312 g/mol. The van der Waals surface area contributed by atoms with Gasteiger partial charge >= 0.3 is 0 Å². The summed E-state index contributed by atoms with van der Waals surface area (Å²) in [4.78, 5) is 12.1. The summed E-state index contributed by atoms with van der Waals surface area (Å²) in [6.45, 7) is 4.72. The van der Waals surface area contributed by atoms with Gasteiger partial charge in [0, 0.05) is 13.7 Å². The molecule has 1 atom stereocenters. The van der Waals surface area contributed by atoms with E-state index in [1.807, 2.05) is 11.5 Å². The fourth-order valence-corrected chi connectivity index (χ4v) is 2.03. The van der Waals surface area contributed by atoms with Crippen molar-refractivity contribution in [1.82, 2.24) is 30.3 Å². The van der Waals surface area contributed by atoms with Crippen molar-refractivity contribution in [2.75, 3.05) is 13.7 Å². The van der Waals surface area contributed by atoms with Gasteiger partial charge in [0.05, 0.1) is 23.4 Å². The summed E-state index contributed by atoms with van der Waals surface area (Å²) >= 11 is 6.01. The van der Waals surface area contributed by atoms with Crippen LogP contribution in [0.25, 0.3) is 0 Å². The Labute approximate surface area is 126 Å². The first-order valence-electron chi connectivity index (χ1n) is 6.42. The van der Waals surface area contributed by atoms with E-state index in [4.69, 9.17) is 16.3 Å². The molecule has 2 aromatic heterocycles. The van der Waals surface area contributed by atoms with Gasteiger partial charge in [0.1, 0.15) is 6.33 Å². The molecule has 0 radical (unpaired) electrons. The topological polar surface area (TPSA) is 97.7 Å². The van der Waals surface area contributed by atoms with E-state index in [1.165, 1.54) is 0 Å². The lowest BCUT2D eigenvalue weighted by molar-refractivity contribution is 0.0932. The molecular formula is C12H17ClN6O2. The maximum atomic E-state index is 12.1. The van der Waals surface area contributed by atoms with Crippen LogP contribution in [-0.2, 0) is 11.3 Å². The molecule has 0 unspecified atom stereocenters. The molecule has 2 N–H and O–H groups in total. The summed E-state index contributed by atoms with van der Waals surface area (Å²) in [5, 5.41) is 17.6. The Morgan fingerprint density at radius 1 is 1.62 bits per heavy atom. The molecule has 21 heavy (non-hydrogen) atoms. The number of aromatic amines is 1. The molecule has 0 bridgehead atoms. The largest absolute Gasteiger partial charge is 0.383 e. The fourth-order valence-electron chi connectivity index (χ4n) is 1.86. The Hall–Kier alpha value is -1.93. The summed E-state index contributed by atoms with van der Waals surface area (Å²) in [5.41, 5.74) is 0.821. The third-order valence-corrected chi connectivity index (χ3v) is 3.47. The molecule has 2 rings (SSSR count). The van der Waals surface area contributed by atoms with Crippen LogP contribution >= 0.6 is 11.6 Å². The Morgan fingerprint density at radius 3 is 3.00 bits per heavy atom. The molecule has 8 nitrogen and oxygen atoms in total. The highest BCUT2D eigenvalue weighted by atomic mass is 35.5. The highest BCUT2D eigenvalue weighted by Gasteiger charge is 2.21. The second-order valence-corrected chi connectivity index (χ2v) is 4.96. The number of aryl methyl sites for hydroxylation is 1. The summed E-state index contributed by atoms with van der Waals surface area (Å²) in [6, 6.07) is -0.329. The molecule has 9 heteroatoms. The van der Waals surface area contributed by atoms with Gasteiger partial charge in [-0.05, 0) is 13.8 Å². The number of carbonyl (C=O) groups excluding carboxylic acids is 1. The van der Waals surface area contributed by atoms with Gasteiger partial charge < -0.3 is 14.6 Å². The van der Waals surface area contributed by atoms with Crippen molar-refractivity contribution in [2.45, 2.75) is 26.4 Å². The number of amides is 1. The summed E-state index contributed by atoms with van der Waals surface area (Å²) in [6.07, 6.45) is 1.60. The van der Waals surface area contributed by atoms with E-state index < -0.39 is 0 Å². The van der Waals surface area contributed by atoms with Gasteiger partial charge in [0.25, 0.3) is 5.91 Å². The van der Waals surface area contributed by atoms with Crippen LogP contribution in [0.5, 0.6) is 0 Å². The number of methoxy groups -OCH3 is 1. The molecule has 0 aliphatic heterocycles. The van der Waals surface area contributed by atoms with E-state index in [2.05, 4.69) is 25.7 Å². The van der Waals surface area contributed by atoms with Crippen molar-refractivity contribution in [2.24, 2.45) is 0 Å². The number of ether oxygens (including phenoxy) is 1. The predicted molar refractivity (Wildman–Crippen MR) is 76.1 cm³/mol. The van der Waals surface area contributed by atoms with Gasteiger partial charge in [0.2, 0.25) is 0 Å². The lowest BCUT2D eigenvalue weighted by Gasteiger charge is -2.14. The van der Waals surface area contributed by atoms with Gasteiger partial charge in [0.15, 0.2) is 11.5 Å². The smallest absolute Gasteiger partial charge is 0.273 e. The summed E-state index contributed by atoms with van der Waals surface area (Å²) in [7, 11) is 1.62. The molecule has 0 fully saturated rings. The van der Waals surface area contributed by atoms with Crippen molar-refractivity contribution in [3.8, 4) is 0 Å². The molecule has 0 spiro atoms. The lowest BCUT2D eigenvalue weighted by atomic mass is 10.2. The van der Waals surface area contributed by atoms with Crippen LogP contribution < -0.4 is 5.32 Å². The van der Waals surface area contributed by atoms with E-state index in [9.17, 15) is 4.79 Å². The molecule has 1 amide bonds. The van der Waals surface area contributed by atoms with E-state index in [-0.39, 0.29) is 17.6 Å². The molecule has 114 valence electrons. The van der Waals surface area contributed by atoms with E-state index >= 15 is 0 Å². The number of hydrogen-bond acceptors (Lipinski definition) is 5. The maximum Gasteiger partial charge on any atom is 0.273 e. The zero-order valence-corrected chi connectivity index (χ0v) is 12.8. The summed E-state index contributed by atoms with van der Waals surface area (Å²) in [5.74, 6) is 0.280. The van der Waals surface area contributed by atoms with Crippen molar-refractivity contribution in [3.05, 3.63) is 28.6 Å². The maximum absolute atomic E-state index is 12.1. The minimum absolute atomic E-state index is 0.170. The number of aromatic nitrogens is 5. The number of rotatable bonds is 6. The standard InChI is InChI=1S/C12H17ClN6O2/c1-7-9(13)10(17-16-7)12(20)15-8(2)11-18-14-6-19(11)4-5-21-3/h6,8H,4-5H2,1-3H3,(H,15,20)(H,16,17)/t8-/m1/s1. The SMILES string of the molecule is COCCn1cnnc1[C@@H](C)NC(=O)c1n[nH]c(C)c1Cl. The van der Waals surface area contributed by atoms with Gasteiger partial charge in [-0.2, -0.15) is 5.10 Å². The van der Waals surface area contributed by atoms with E-state index in [1.54, 1.807) is 20.4 Å². The molecular weight excluding hydrogens is 296 g/mol. The Balaban J connectivity index is 2.07. The van der Waals surface area contributed by atoms with Crippen LogP contribution in [0.1, 0.15) is 35.0 Å². The zero-order chi connectivity index (χ0) is 15.4. The average molecular weight is 313 g/mol. The molecule has 0 saturated heterocycles. The number of nitrogens with zero attached hydrogens (tertiary/aromatic N) is 4. The number of H-pyrrole nitrogens is 1. The second-order valence-electron chi connectivity index (χ2n) is 4.58. The third kappa shape index (κ3) is 3.40. The van der Waals surface area contributed by atoms with Crippen molar-refractivity contribution in [3.63, 3.8) is 0 Å². The quantitative estimate of drug-likeness (QED) is 0.832. The first kappa shape index (κ1) is 15.5. The second kappa shape index (κ2) is 6.68. The third-order valence-electron chi connectivity index (χ3n) is 3.00. The Morgan fingerprint density at radius 2 is 2.38 bits per heavy atom. The van der Waals surface area contributed by atoms with Gasteiger partial charge in [-0.3, -0.25) is 9.89 Å². The average Bonchev–Trinajstić information content (AvgIpc) is 3.04. The van der Waals surface area contributed by atoms with Crippen LogP contribution in [0.4, 0.5) is 0 Å². The van der Waals surface area contributed by atoms with E-state index in [0.717, 1.165) is 0 Å². The molecule has 0 aromatic carbocycles. The summed E-state index contributed by atoms with van der Waals surface area (Å²) < 4.78 is 6.85. The van der Waals surface area contributed by atoms with Gasteiger partial charge in [-0.15, -0.1) is 10.2 Å². The van der Waals surface area contributed by atoms with Crippen molar-refractivity contribution >= 4 is 17.5 Å². The minimum Gasteiger partial charge on any atom is -0.383 e. The van der Waals surface area contributed by atoms with Gasteiger partial charge in [-0.1, -0.05) is 11.6 Å². The fraction of sp³-hybridized carbons (Fsp3) is 0.500. The van der Waals surface area contributed by atoms with Crippen molar-refractivity contribution in [1.29, 1.82) is 0 Å². The van der Waals surface area contributed by atoms with Crippen LogP contribution in [0.15, 0.2) is 6.33 Å². The van der Waals surface area contributed by atoms with Crippen LogP contribution in [-0.4, -0.2) is 44.6 Å². The number of hydrogen-bond donors (Lipinski definition) is 2. The molecule has 0 aliphatic carbocycles. The minimum atomic E-state index is -0.363. The predicted octanol–water partition coefficient (Wildman–Crippen LogP) is 1.10. The normalized spacial score (nSPS) is 12.4. The first-order valence-corrected chi connectivity index (χ1v) is 6.80. The number of carbonyl (C=O) groups is 1.